The second-order valence-corrected chi connectivity index (χ2v) is 12.3. The molecular weight excluding hydrogens is 468 g/mol. The molecule has 10 nitrogen and oxygen atoms in total. The van der Waals surface area contributed by atoms with E-state index in [1.165, 1.54) is 12.6 Å². The van der Waals surface area contributed by atoms with Gasteiger partial charge in [-0.05, 0) is 58.7 Å². The number of amides is 1. The summed E-state index contributed by atoms with van der Waals surface area (Å²) in [4.78, 5) is 19.1. The van der Waals surface area contributed by atoms with E-state index in [-0.39, 0.29) is 4.90 Å². The van der Waals surface area contributed by atoms with Crippen LogP contribution in [-0.4, -0.2) is 59.6 Å². The van der Waals surface area contributed by atoms with E-state index in [2.05, 4.69) is 20.3 Å². The number of ether oxygens (including phenoxy) is 1. The van der Waals surface area contributed by atoms with Crippen LogP contribution >= 0.6 is 0 Å². The largest absolute Gasteiger partial charge is 0.444 e. The number of carbonyl (C=O) groups is 1. The van der Waals surface area contributed by atoms with Crippen molar-refractivity contribution in [2.75, 3.05) is 30.0 Å². The maximum Gasteiger partial charge on any atom is 0.408 e. The lowest BCUT2D eigenvalue weighted by molar-refractivity contribution is 0.0454. The standard InChI is InChI=1S/C24H32N6O4S/c1-23(2,3)34-22(31)28-24(4)11-6-12-29(14-24)19-13-18(30-20(19)21(25)26-15-27-30)16-7-9-17(10-8-16)35(5,32)33/h7-10,13,15H,6,11-12,14H2,1-5H3,(H,28,31)(H2,25,26,27). The molecule has 1 atom stereocenters. The van der Waals surface area contributed by atoms with Crippen molar-refractivity contribution in [3.63, 3.8) is 0 Å². The minimum atomic E-state index is -3.30. The zero-order valence-electron chi connectivity index (χ0n) is 20.7. The molecule has 1 amide bonds. The number of fused-ring (bicyclic) bond motifs is 1. The van der Waals surface area contributed by atoms with Gasteiger partial charge in [0, 0.05) is 24.9 Å². The van der Waals surface area contributed by atoms with Crippen LogP contribution in [0.1, 0.15) is 40.5 Å². The van der Waals surface area contributed by atoms with E-state index in [9.17, 15) is 13.2 Å². The van der Waals surface area contributed by atoms with Gasteiger partial charge in [-0.1, -0.05) is 12.1 Å². The van der Waals surface area contributed by atoms with Gasteiger partial charge in [-0.25, -0.2) is 22.7 Å². The highest BCUT2D eigenvalue weighted by atomic mass is 32.2. The minimum absolute atomic E-state index is 0.247. The molecule has 0 radical (unpaired) electrons. The smallest absolute Gasteiger partial charge is 0.408 e. The van der Waals surface area contributed by atoms with Crippen LogP contribution in [0.5, 0.6) is 0 Å². The molecule has 3 N–H and O–H groups in total. The third-order valence-electron chi connectivity index (χ3n) is 5.98. The molecule has 3 heterocycles. The molecule has 0 bridgehead atoms. The molecule has 1 saturated heterocycles. The number of carbonyl (C=O) groups excluding carboxylic acids is 1. The van der Waals surface area contributed by atoms with Gasteiger partial charge in [0.25, 0.3) is 0 Å². The molecule has 1 aromatic carbocycles. The van der Waals surface area contributed by atoms with Crippen molar-refractivity contribution in [3.8, 4) is 11.3 Å². The first-order chi connectivity index (χ1) is 16.3. The first-order valence-corrected chi connectivity index (χ1v) is 13.3. The van der Waals surface area contributed by atoms with Gasteiger partial charge in [-0.2, -0.15) is 5.10 Å². The van der Waals surface area contributed by atoms with Crippen LogP contribution in [0.2, 0.25) is 0 Å². The second-order valence-electron chi connectivity index (χ2n) is 10.3. The fourth-order valence-electron chi connectivity index (χ4n) is 4.47. The number of aromatic nitrogens is 3. The van der Waals surface area contributed by atoms with Gasteiger partial charge in [0.2, 0.25) is 0 Å². The molecule has 0 spiro atoms. The number of nitrogen functional groups attached to an aromatic ring is 1. The highest BCUT2D eigenvalue weighted by molar-refractivity contribution is 7.90. The molecule has 1 unspecified atom stereocenters. The van der Waals surface area contributed by atoms with Gasteiger partial charge in [-0.15, -0.1) is 0 Å². The number of hydrogen-bond donors (Lipinski definition) is 2. The quantitative estimate of drug-likeness (QED) is 0.558. The van der Waals surface area contributed by atoms with E-state index in [0.29, 0.717) is 17.9 Å². The number of sulfone groups is 1. The Morgan fingerprint density at radius 2 is 1.91 bits per heavy atom. The fraction of sp³-hybridized carbons (Fsp3) is 0.458. The summed E-state index contributed by atoms with van der Waals surface area (Å²) in [5.41, 5.74) is 8.27. The lowest BCUT2D eigenvalue weighted by Crippen LogP contribution is -2.57. The molecular formula is C24H32N6O4S. The fourth-order valence-corrected chi connectivity index (χ4v) is 5.10. The number of hydrogen-bond acceptors (Lipinski definition) is 8. The maximum atomic E-state index is 12.5. The van der Waals surface area contributed by atoms with Crippen LogP contribution in [0.4, 0.5) is 16.3 Å². The first-order valence-electron chi connectivity index (χ1n) is 11.4. The highest BCUT2D eigenvalue weighted by Gasteiger charge is 2.35. The molecule has 35 heavy (non-hydrogen) atoms. The van der Waals surface area contributed by atoms with Gasteiger partial charge in [-0.3, -0.25) is 0 Å². The summed E-state index contributed by atoms with van der Waals surface area (Å²) >= 11 is 0. The van der Waals surface area contributed by atoms with Crippen molar-refractivity contribution in [2.24, 2.45) is 0 Å². The summed E-state index contributed by atoms with van der Waals surface area (Å²) in [7, 11) is -3.30. The van der Waals surface area contributed by atoms with E-state index >= 15 is 0 Å². The summed E-state index contributed by atoms with van der Waals surface area (Å²) in [6, 6.07) is 8.65. The number of nitrogens with zero attached hydrogens (tertiary/aromatic N) is 4. The molecule has 0 aliphatic carbocycles. The van der Waals surface area contributed by atoms with Crippen LogP contribution in [0.15, 0.2) is 41.6 Å². The molecule has 0 saturated carbocycles. The van der Waals surface area contributed by atoms with Gasteiger partial charge in [0.1, 0.15) is 17.4 Å². The van der Waals surface area contributed by atoms with Crippen LogP contribution in [-0.2, 0) is 14.6 Å². The molecule has 2 aromatic heterocycles. The lowest BCUT2D eigenvalue weighted by atomic mass is 9.91. The summed E-state index contributed by atoms with van der Waals surface area (Å²) in [5.74, 6) is 0.335. The number of anilines is 2. The van der Waals surface area contributed by atoms with Gasteiger partial charge in [0.05, 0.1) is 21.8 Å². The average Bonchev–Trinajstić information content (AvgIpc) is 3.12. The molecule has 3 aromatic rings. The Hall–Kier alpha value is -3.34. The Labute approximate surface area is 205 Å². The average molecular weight is 501 g/mol. The Morgan fingerprint density at radius 3 is 2.54 bits per heavy atom. The first kappa shape index (κ1) is 24.8. The molecule has 1 aliphatic heterocycles. The van der Waals surface area contributed by atoms with Gasteiger partial charge >= 0.3 is 6.09 Å². The lowest BCUT2D eigenvalue weighted by Gasteiger charge is -2.42. The zero-order chi connectivity index (χ0) is 25.6. The Kier molecular flexibility index (Phi) is 6.16. The Balaban J connectivity index is 1.70. The number of nitrogens with one attached hydrogen (secondary N) is 1. The second kappa shape index (κ2) is 8.71. The number of nitrogens with two attached hydrogens (primary N) is 1. The van der Waals surface area contributed by atoms with Crippen molar-refractivity contribution in [2.45, 2.75) is 56.6 Å². The van der Waals surface area contributed by atoms with Crippen molar-refractivity contribution in [3.05, 3.63) is 36.7 Å². The zero-order valence-corrected chi connectivity index (χ0v) is 21.5. The van der Waals surface area contributed by atoms with Crippen LogP contribution in [0, 0.1) is 0 Å². The van der Waals surface area contributed by atoms with Crippen molar-refractivity contribution in [1.29, 1.82) is 0 Å². The third-order valence-corrected chi connectivity index (χ3v) is 7.11. The molecule has 11 heteroatoms. The molecule has 4 rings (SSSR count). The molecule has 1 fully saturated rings. The van der Waals surface area contributed by atoms with Crippen LogP contribution < -0.4 is 16.0 Å². The highest BCUT2D eigenvalue weighted by Crippen LogP contribution is 2.36. The van der Waals surface area contributed by atoms with Crippen LogP contribution in [0.25, 0.3) is 16.8 Å². The van der Waals surface area contributed by atoms with Gasteiger partial charge in [0.15, 0.2) is 15.7 Å². The predicted molar refractivity (Wildman–Crippen MR) is 135 cm³/mol. The minimum Gasteiger partial charge on any atom is -0.444 e. The van der Waals surface area contributed by atoms with E-state index in [1.54, 1.807) is 28.8 Å². The van der Waals surface area contributed by atoms with Crippen molar-refractivity contribution in [1.82, 2.24) is 19.9 Å². The predicted octanol–water partition coefficient (Wildman–Crippen LogP) is 3.27. The van der Waals surface area contributed by atoms with Crippen molar-refractivity contribution >= 4 is 33.0 Å². The van der Waals surface area contributed by atoms with Crippen LogP contribution in [0.3, 0.4) is 0 Å². The number of rotatable bonds is 4. The number of piperidine rings is 1. The molecule has 1 aliphatic rings. The Bertz CT molecular complexity index is 1360. The summed E-state index contributed by atoms with van der Waals surface area (Å²) in [5, 5.41) is 7.47. The Morgan fingerprint density at radius 1 is 1.23 bits per heavy atom. The topological polar surface area (TPSA) is 132 Å². The van der Waals surface area contributed by atoms with E-state index in [4.69, 9.17) is 10.5 Å². The van der Waals surface area contributed by atoms with Gasteiger partial charge < -0.3 is 20.7 Å². The summed E-state index contributed by atoms with van der Waals surface area (Å²) < 4.78 is 30.9. The monoisotopic (exact) mass is 500 g/mol. The van der Waals surface area contributed by atoms with E-state index in [0.717, 1.165) is 36.3 Å². The number of benzene rings is 1. The number of alkyl carbamates (subject to hydrolysis) is 1. The molecule has 188 valence electrons. The maximum absolute atomic E-state index is 12.5. The third kappa shape index (κ3) is 5.34. The van der Waals surface area contributed by atoms with Crippen molar-refractivity contribution < 1.29 is 17.9 Å². The SMILES string of the molecule is CC1(NC(=O)OC(C)(C)C)CCCN(c2cc(-c3ccc(S(C)(=O)=O)cc3)n3ncnc(N)c23)C1. The van der Waals surface area contributed by atoms with E-state index < -0.39 is 27.1 Å². The summed E-state index contributed by atoms with van der Waals surface area (Å²) in [6.07, 6.45) is 3.79. The van der Waals surface area contributed by atoms with E-state index in [1.807, 2.05) is 33.8 Å². The normalized spacial score (nSPS) is 19.1. The summed E-state index contributed by atoms with van der Waals surface area (Å²) in [6.45, 7) is 8.83.